The van der Waals surface area contributed by atoms with Gasteiger partial charge in [0.15, 0.2) is 11.5 Å². The Morgan fingerprint density at radius 1 is 0.971 bits per heavy atom. The van der Waals surface area contributed by atoms with E-state index in [-0.39, 0.29) is 18.2 Å². The van der Waals surface area contributed by atoms with Crippen molar-refractivity contribution < 1.29 is 19.1 Å². The molecule has 34 heavy (non-hydrogen) atoms. The summed E-state index contributed by atoms with van der Waals surface area (Å²) in [5.74, 6) is 0.665. The zero-order valence-electron chi connectivity index (χ0n) is 18.9. The summed E-state index contributed by atoms with van der Waals surface area (Å²) in [4.78, 5) is 27.5. The third-order valence-corrected chi connectivity index (χ3v) is 6.69. The van der Waals surface area contributed by atoms with Gasteiger partial charge >= 0.3 is 0 Å². The van der Waals surface area contributed by atoms with Crippen LogP contribution in [0, 0.1) is 5.92 Å². The average molecular weight is 456 g/mol. The summed E-state index contributed by atoms with van der Waals surface area (Å²) in [5.41, 5.74) is 3.78. The van der Waals surface area contributed by atoms with Gasteiger partial charge in [0.25, 0.3) is 0 Å². The molecule has 2 aliphatic rings. The van der Waals surface area contributed by atoms with Crippen LogP contribution >= 0.6 is 0 Å². The van der Waals surface area contributed by atoms with Crippen LogP contribution in [-0.2, 0) is 16.1 Å². The number of hydrogen-bond donors (Lipinski definition) is 1. The van der Waals surface area contributed by atoms with Crippen LogP contribution in [0.4, 0.5) is 11.4 Å². The van der Waals surface area contributed by atoms with Gasteiger partial charge in [0.05, 0.1) is 5.92 Å². The summed E-state index contributed by atoms with van der Waals surface area (Å²) in [5, 5.41) is 5.31. The molecule has 6 rings (SSSR count). The van der Waals surface area contributed by atoms with Gasteiger partial charge in [-0.05, 0) is 43.3 Å². The number of benzene rings is 3. The van der Waals surface area contributed by atoms with E-state index in [2.05, 4.69) is 35.0 Å². The number of nitrogens with one attached hydrogen (secondary N) is 1. The van der Waals surface area contributed by atoms with Crippen molar-refractivity contribution in [1.29, 1.82) is 0 Å². The van der Waals surface area contributed by atoms with Gasteiger partial charge in [0.1, 0.15) is 13.2 Å². The van der Waals surface area contributed by atoms with E-state index in [1.807, 2.05) is 42.5 Å². The molecule has 1 fully saturated rings. The largest absolute Gasteiger partial charge is 0.486 e. The van der Waals surface area contributed by atoms with Gasteiger partial charge in [-0.3, -0.25) is 9.59 Å². The normalized spacial score (nSPS) is 17.5. The van der Waals surface area contributed by atoms with Gasteiger partial charge < -0.3 is 24.3 Å². The van der Waals surface area contributed by atoms with Crippen LogP contribution in [0.3, 0.4) is 0 Å². The maximum Gasteiger partial charge on any atom is 0.229 e. The topological polar surface area (TPSA) is 72.8 Å². The number of nitrogens with zero attached hydrogens (tertiary/aromatic N) is 2. The molecule has 1 aromatic heterocycles. The highest BCUT2D eigenvalue weighted by atomic mass is 16.6. The second kappa shape index (κ2) is 8.09. The molecule has 7 nitrogen and oxygen atoms in total. The van der Waals surface area contributed by atoms with Crippen molar-refractivity contribution in [2.24, 2.45) is 5.92 Å². The molecule has 0 unspecified atom stereocenters. The summed E-state index contributed by atoms with van der Waals surface area (Å²) in [6, 6.07) is 19.8. The second-order valence-corrected chi connectivity index (χ2v) is 8.72. The monoisotopic (exact) mass is 455 g/mol. The van der Waals surface area contributed by atoms with Crippen LogP contribution in [0.5, 0.6) is 11.5 Å². The minimum absolute atomic E-state index is 0.0710. The Hall–Kier alpha value is -4.00. The zero-order chi connectivity index (χ0) is 23.2. The molecule has 7 heteroatoms. The fraction of sp³-hybridized carbons (Fsp3) is 0.259. The summed E-state index contributed by atoms with van der Waals surface area (Å²) >= 11 is 0. The Labute approximate surface area is 196 Å². The summed E-state index contributed by atoms with van der Waals surface area (Å²) in [6.45, 7) is 4.34. The molecule has 2 aliphatic heterocycles. The molecule has 3 aromatic carbocycles. The van der Waals surface area contributed by atoms with Crippen LogP contribution in [-0.4, -0.2) is 36.1 Å². The lowest BCUT2D eigenvalue weighted by atomic mass is 10.1. The standard InChI is InChI=1S/C27H25N3O4/c1-2-29-22-6-4-3-5-20(22)21-14-18(7-9-23(21)29)28-27(32)17-13-26(31)30(16-17)19-8-10-24-25(15-19)34-12-11-33-24/h3-10,14-15,17H,2,11-13,16H2,1H3,(H,28,32)/t17-/m0/s1. The number of carbonyl (C=O) groups excluding carboxylic acids is 2. The summed E-state index contributed by atoms with van der Waals surface area (Å²) < 4.78 is 13.5. The molecule has 172 valence electrons. The molecule has 0 aliphatic carbocycles. The predicted octanol–water partition coefficient (Wildman–Crippen LogP) is 4.58. The molecule has 4 aromatic rings. The lowest BCUT2D eigenvalue weighted by Gasteiger charge is -2.22. The van der Waals surface area contributed by atoms with E-state index in [4.69, 9.17) is 9.47 Å². The number of amides is 2. The predicted molar refractivity (Wildman–Crippen MR) is 132 cm³/mol. The molecule has 3 heterocycles. The van der Waals surface area contributed by atoms with Gasteiger partial charge in [0.2, 0.25) is 11.8 Å². The number of anilines is 2. The highest BCUT2D eigenvalue weighted by Crippen LogP contribution is 2.36. The van der Waals surface area contributed by atoms with Gasteiger partial charge in [-0.25, -0.2) is 0 Å². The van der Waals surface area contributed by atoms with E-state index in [1.165, 1.54) is 5.52 Å². The van der Waals surface area contributed by atoms with Crippen molar-refractivity contribution in [2.75, 3.05) is 30.0 Å². The van der Waals surface area contributed by atoms with Gasteiger partial charge in [0, 0.05) is 58.8 Å². The summed E-state index contributed by atoms with van der Waals surface area (Å²) in [6.07, 6.45) is 0.178. The van der Waals surface area contributed by atoms with E-state index in [1.54, 1.807) is 4.90 Å². The molecular formula is C27H25N3O4. The Kier molecular flexibility index (Phi) is 4.90. The molecule has 1 saturated heterocycles. The zero-order valence-corrected chi connectivity index (χ0v) is 18.9. The third kappa shape index (κ3) is 3.36. The molecular weight excluding hydrogens is 430 g/mol. The van der Waals surface area contributed by atoms with Crippen LogP contribution in [0.2, 0.25) is 0 Å². The van der Waals surface area contributed by atoms with Crippen molar-refractivity contribution in [1.82, 2.24) is 4.57 Å². The summed E-state index contributed by atoms with van der Waals surface area (Å²) in [7, 11) is 0. The quantitative estimate of drug-likeness (QED) is 0.489. The lowest BCUT2D eigenvalue weighted by Crippen LogP contribution is -2.28. The Morgan fingerprint density at radius 2 is 1.76 bits per heavy atom. The Morgan fingerprint density at radius 3 is 2.62 bits per heavy atom. The van der Waals surface area contributed by atoms with Crippen LogP contribution in [0.1, 0.15) is 13.3 Å². The Bertz CT molecular complexity index is 1440. The van der Waals surface area contributed by atoms with Crippen molar-refractivity contribution >= 4 is 45.0 Å². The molecule has 0 spiro atoms. The van der Waals surface area contributed by atoms with E-state index in [9.17, 15) is 9.59 Å². The SMILES string of the molecule is CCn1c2ccccc2c2cc(NC(=O)[C@H]3CC(=O)N(c4ccc5c(c4)OCCO5)C3)ccc21. The number of hydrogen-bond acceptors (Lipinski definition) is 4. The molecule has 0 saturated carbocycles. The molecule has 1 atom stereocenters. The molecule has 0 radical (unpaired) electrons. The first-order valence-corrected chi connectivity index (χ1v) is 11.6. The highest BCUT2D eigenvalue weighted by molar-refractivity contribution is 6.10. The van der Waals surface area contributed by atoms with E-state index in [0.717, 1.165) is 34.2 Å². The van der Waals surface area contributed by atoms with Crippen molar-refractivity contribution in [3.05, 3.63) is 60.7 Å². The van der Waals surface area contributed by atoms with Gasteiger partial charge in [-0.1, -0.05) is 18.2 Å². The van der Waals surface area contributed by atoms with Gasteiger partial charge in [-0.2, -0.15) is 0 Å². The third-order valence-electron chi connectivity index (χ3n) is 6.69. The number of carbonyl (C=O) groups is 2. The van der Waals surface area contributed by atoms with E-state index in [0.29, 0.717) is 31.3 Å². The first kappa shape index (κ1) is 20.6. The minimum Gasteiger partial charge on any atom is -0.486 e. The maximum absolute atomic E-state index is 13.1. The first-order chi connectivity index (χ1) is 16.6. The minimum atomic E-state index is -0.423. The highest BCUT2D eigenvalue weighted by Gasteiger charge is 2.35. The number of aryl methyl sites for hydroxylation is 1. The maximum atomic E-state index is 13.1. The molecule has 1 N–H and O–H groups in total. The number of para-hydroxylation sites is 1. The number of fused-ring (bicyclic) bond motifs is 4. The average Bonchev–Trinajstić information content (AvgIpc) is 3.41. The van der Waals surface area contributed by atoms with Crippen molar-refractivity contribution in [3.63, 3.8) is 0 Å². The number of aromatic nitrogens is 1. The lowest BCUT2D eigenvalue weighted by molar-refractivity contribution is -0.122. The Balaban J connectivity index is 1.22. The number of rotatable bonds is 4. The van der Waals surface area contributed by atoms with Crippen LogP contribution in [0.25, 0.3) is 21.8 Å². The second-order valence-electron chi connectivity index (χ2n) is 8.72. The van der Waals surface area contributed by atoms with Crippen LogP contribution < -0.4 is 19.7 Å². The van der Waals surface area contributed by atoms with Crippen LogP contribution in [0.15, 0.2) is 60.7 Å². The fourth-order valence-electron chi connectivity index (χ4n) is 5.05. The molecule has 2 amide bonds. The van der Waals surface area contributed by atoms with E-state index >= 15 is 0 Å². The van der Waals surface area contributed by atoms with Crippen molar-refractivity contribution in [3.8, 4) is 11.5 Å². The molecule has 0 bridgehead atoms. The number of ether oxygens (including phenoxy) is 2. The fourth-order valence-corrected chi connectivity index (χ4v) is 5.05. The first-order valence-electron chi connectivity index (χ1n) is 11.6. The van der Waals surface area contributed by atoms with E-state index < -0.39 is 5.92 Å². The van der Waals surface area contributed by atoms with Crippen molar-refractivity contribution in [2.45, 2.75) is 19.9 Å². The smallest absolute Gasteiger partial charge is 0.229 e. The van der Waals surface area contributed by atoms with Gasteiger partial charge in [-0.15, -0.1) is 0 Å².